The number of carbonyl (C=O) groups is 1. The fourth-order valence-electron chi connectivity index (χ4n) is 2.90. The molecule has 0 atom stereocenters. The number of benzene rings is 1. The summed E-state index contributed by atoms with van der Waals surface area (Å²) in [7, 11) is 0. The highest BCUT2D eigenvalue weighted by atomic mass is 16.2. The predicted octanol–water partition coefficient (Wildman–Crippen LogP) is 3.12. The van der Waals surface area contributed by atoms with E-state index in [2.05, 4.69) is 5.32 Å². The van der Waals surface area contributed by atoms with Crippen LogP contribution in [0.4, 0.5) is 10.5 Å². The maximum absolute atomic E-state index is 12.5. The first-order valence-corrected chi connectivity index (χ1v) is 7.55. The van der Waals surface area contributed by atoms with E-state index in [9.17, 15) is 4.79 Å². The average molecular weight is 275 g/mol. The van der Waals surface area contributed by atoms with E-state index in [0.717, 1.165) is 24.1 Å². The molecule has 1 aliphatic rings. The molecule has 4 heteroatoms. The van der Waals surface area contributed by atoms with Gasteiger partial charge in [-0.2, -0.15) is 0 Å². The van der Waals surface area contributed by atoms with Crippen molar-refractivity contribution >= 4 is 11.7 Å². The molecule has 110 valence electrons. The maximum atomic E-state index is 12.5. The minimum atomic E-state index is -0.0204. The van der Waals surface area contributed by atoms with E-state index in [0.29, 0.717) is 19.1 Å². The van der Waals surface area contributed by atoms with Crippen LogP contribution in [0.3, 0.4) is 0 Å². The van der Waals surface area contributed by atoms with Crippen molar-refractivity contribution in [2.45, 2.75) is 45.1 Å². The number of nitrogens with zero attached hydrogens (tertiary/aromatic N) is 1. The molecule has 0 aromatic heterocycles. The second-order valence-corrected chi connectivity index (χ2v) is 5.57. The number of nitrogens with one attached hydrogen (secondary N) is 1. The lowest BCUT2D eigenvalue weighted by molar-refractivity contribution is 0.169. The van der Waals surface area contributed by atoms with Gasteiger partial charge in [-0.3, -0.25) is 0 Å². The van der Waals surface area contributed by atoms with E-state index in [4.69, 9.17) is 5.73 Å². The van der Waals surface area contributed by atoms with E-state index < -0.39 is 0 Å². The van der Waals surface area contributed by atoms with Crippen molar-refractivity contribution in [3.63, 3.8) is 0 Å². The number of hydrogen-bond acceptors (Lipinski definition) is 2. The summed E-state index contributed by atoms with van der Waals surface area (Å²) in [5, 5.41) is 3.00. The molecular weight excluding hydrogens is 250 g/mol. The molecule has 1 aromatic carbocycles. The molecule has 1 aromatic rings. The topological polar surface area (TPSA) is 58.4 Å². The molecular formula is C16H25N3O. The van der Waals surface area contributed by atoms with Crippen molar-refractivity contribution in [1.29, 1.82) is 0 Å². The lowest BCUT2D eigenvalue weighted by Gasteiger charge is -2.34. The molecule has 0 spiro atoms. The minimum absolute atomic E-state index is 0.0204. The highest BCUT2D eigenvalue weighted by Crippen LogP contribution is 2.23. The summed E-state index contributed by atoms with van der Waals surface area (Å²) >= 11 is 0. The molecule has 1 saturated carbocycles. The van der Waals surface area contributed by atoms with Crippen LogP contribution in [0, 0.1) is 6.92 Å². The van der Waals surface area contributed by atoms with Gasteiger partial charge in [0.25, 0.3) is 0 Å². The molecule has 3 N–H and O–H groups in total. The van der Waals surface area contributed by atoms with E-state index in [1.165, 1.54) is 19.3 Å². The Labute approximate surface area is 121 Å². The Morgan fingerprint density at radius 2 is 2.10 bits per heavy atom. The fourth-order valence-corrected chi connectivity index (χ4v) is 2.90. The van der Waals surface area contributed by atoms with Gasteiger partial charge >= 0.3 is 6.03 Å². The van der Waals surface area contributed by atoms with Gasteiger partial charge in [-0.25, -0.2) is 4.79 Å². The lowest BCUT2D eigenvalue weighted by atomic mass is 9.94. The van der Waals surface area contributed by atoms with Gasteiger partial charge in [0.2, 0.25) is 0 Å². The molecule has 2 amide bonds. The van der Waals surface area contributed by atoms with Crippen LogP contribution in [-0.2, 0) is 0 Å². The molecule has 0 bridgehead atoms. The van der Waals surface area contributed by atoms with Gasteiger partial charge in [-0.1, -0.05) is 31.4 Å². The molecule has 0 aliphatic heterocycles. The summed E-state index contributed by atoms with van der Waals surface area (Å²) in [6.07, 6.45) is 5.90. The number of nitrogens with two attached hydrogens (primary N) is 1. The molecule has 2 rings (SSSR count). The van der Waals surface area contributed by atoms with Gasteiger partial charge < -0.3 is 16.0 Å². The Morgan fingerprint density at radius 1 is 1.35 bits per heavy atom. The first-order chi connectivity index (χ1) is 9.70. The van der Waals surface area contributed by atoms with E-state index in [1.54, 1.807) is 0 Å². The van der Waals surface area contributed by atoms with Gasteiger partial charge in [-0.05, 0) is 37.5 Å². The zero-order chi connectivity index (χ0) is 14.4. The van der Waals surface area contributed by atoms with Crippen LogP contribution < -0.4 is 11.1 Å². The van der Waals surface area contributed by atoms with Crippen LogP contribution >= 0.6 is 0 Å². The van der Waals surface area contributed by atoms with Crippen molar-refractivity contribution in [2.75, 3.05) is 18.4 Å². The molecule has 0 unspecified atom stereocenters. The van der Waals surface area contributed by atoms with Crippen LogP contribution in [0.1, 0.15) is 37.7 Å². The number of amides is 2. The number of hydrogen-bond donors (Lipinski definition) is 2. The van der Waals surface area contributed by atoms with Crippen molar-refractivity contribution < 1.29 is 4.79 Å². The van der Waals surface area contributed by atoms with E-state index >= 15 is 0 Å². The minimum Gasteiger partial charge on any atom is -0.329 e. The van der Waals surface area contributed by atoms with Crippen molar-refractivity contribution in [2.24, 2.45) is 5.73 Å². The van der Waals surface area contributed by atoms with Crippen LogP contribution in [0.15, 0.2) is 24.3 Å². The molecule has 20 heavy (non-hydrogen) atoms. The zero-order valence-electron chi connectivity index (χ0n) is 12.3. The normalized spacial score (nSPS) is 15.9. The molecule has 1 aliphatic carbocycles. The number of urea groups is 1. The Morgan fingerprint density at radius 3 is 2.75 bits per heavy atom. The highest BCUT2D eigenvalue weighted by Gasteiger charge is 2.24. The van der Waals surface area contributed by atoms with Crippen molar-refractivity contribution in [1.82, 2.24) is 4.90 Å². The summed E-state index contributed by atoms with van der Waals surface area (Å²) in [5.74, 6) is 0. The van der Waals surface area contributed by atoms with Crippen LogP contribution in [0.5, 0.6) is 0 Å². The van der Waals surface area contributed by atoms with Crippen LogP contribution in [0.2, 0.25) is 0 Å². The highest BCUT2D eigenvalue weighted by molar-refractivity contribution is 5.89. The first kappa shape index (κ1) is 14.9. The van der Waals surface area contributed by atoms with Crippen molar-refractivity contribution in [3.8, 4) is 0 Å². The number of aryl methyl sites for hydroxylation is 1. The SMILES string of the molecule is Cc1cccc(NC(=O)N(CCN)C2CCCCC2)c1. The third kappa shape index (κ3) is 3.97. The quantitative estimate of drug-likeness (QED) is 0.887. The smallest absolute Gasteiger partial charge is 0.322 e. The lowest BCUT2D eigenvalue weighted by Crippen LogP contribution is -2.46. The summed E-state index contributed by atoms with van der Waals surface area (Å²) < 4.78 is 0. The molecule has 4 nitrogen and oxygen atoms in total. The molecule has 0 heterocycles. The standard InChI is InChI=1S/C16H25N3O/c1-13-6-5-7-14(12-13)18-16(20)19(11-10-17)15-8-3-2-4-9-15/h5-7,12,15H,2-4,8-11,17H2,1H3,(H,18,20). The fraction of sp³-hybridized carbons (Fsp3) is 0.562. The van der Waals surface area contributed by atoms with Crippen LogP contribution in [0.25, 0.3) is 0 Å². The van der Waals surface area contributed by atoms with E-state index in [-0.39, 0.29) is 6.03 Å². The van der Waals surface area contributed by atoms with Gasteiger partial charge in [0.1, 0.15) is 0 Å². The summed E-state index contributed by atoms with van der Waals surface area (Å²) in [4.78, 5) is 14.4. The zero-order valence-corrected chi connectivity index (χ0v) is 12.3. The number of rotatable bonds is 4. The predicted molar refractivity (Wildman–Crippen MR) is 82.8 cm³/mol. The summed E-state index contributed by atoms with van der Waals surface area (Å²) in [5.41, 5.74) is 7.67. The summed E-state index contributed by atoms with van der Waals surface area (Å²) in [6, 6.07) is 8.21. The Balaban J connectivity index is 2.02. The van der Waals surface area contributed by atoms with Gasteiger partial charge in [0, 0.05) is 24.8 Å². The molecule has 0 radical (unpaired) electrons. The average Bonchev–Trinajstić information content (AvgIpc) is 2.45. The third-order valence-corrected chi connectivity index (χ3v) is 3.92. The third-order valence-electron chi connectivity index (χ3n) is 3.92. The van der Waals surface area contributed by atoms with Crippen molar-refractivity contribution in [3.05, 3.63) is 29.8 Å². The number of carbonyl (C=O) groups excluding carboxylic acids is 1. The van der Waals surface area contributed by atoms with Gasteiger partial charge in [-0.15, -0.1) is 0 Å². The second-order valence-electron chi connectivity index (χ2n) is 5.57. The Hall–Kier alpha value is -1.55. The number of anilines is 1. The summed E-state index contributed by atoms with van der Waals surface area (Å²) in [6.45, 7) is 3.16. The van der Waals surface area contributed by atoms with Crippen LogP contribution in [-0.4, -0.2) is 30.1 Å². The Kier molecular flexibility index (Phi) is 5.41. The van der Waals surface area contributed by atoms with E-state index in [1.807, 2.05) is 36.1 Å². The largest absolute Gasteiger partial charge is 0.329 e. The molecule has 0 saturated heterocycles. The Bertz CT molecular complexity index is 441. The molecule has 1 fully saturated rings. The van der Waals surface area contributed by atoms with Gasteiger partial charge in [0.15, 0.2) is 0 Å². The first-order valence-electron chi connectivity index (χ1n) is 7.55. The van der Waals surface area contributed by atoms with Gasteiger partial charge in [0.05, 0.1) is 0 Å². The maximum Gasteiger partial charge on any atom is 0.322 e. The second kappa shape index (κ2) is 7.29. The monoisotopic (exact) mass is 275 g/mol.